The lowest BCUT2D eigenvalue weighted by Crippen LogP contribution is -2.40. The van der Waals surface area contributed by atoms with Crippen LogP contribution in [0.2, 0.25) is 0 Å². The molecule has 2 rings (SSSR count). The van der Waals surface area contributed by atoms with E-state index in [0.29, 0.717) is 0 Å². The van der Waals surface area contributed by atoms with E-state index in [1.165, 1.54) is 0 Å². The van der Waals surface area contributed by atoms with E-state index in [-0.39, 0.29) is 13.2 Å². The van der Waals surface area contributed by atoms with Crippen LogP contribution in [0.5, 0.6) is 0 Å². The third-order valence-corrected chi connectivity index (χ3v) is 3.11. The van der Waals surface area contributed by atoms with Crippen molar-refractivity contribution in [2.75, 3.05) is 13.2 Å². The van der Waals surface area contributed by atoms with Gasteiger partial charge in [0.1, 0.15) is 18.8 Å². The zero-order valence-corrected chi connectivity index (χ0v) is 11.7. The van der Waals surface area contributed by atoms with Crippen molar-refractivity contribution >= 4 is 5.78 Å². The standard InChI is InChI=1S/C15H20O5/c1-15(2)19-10-13(20-15)14(12(17)8-16)18-9-11-6-4-3-5-7-11/h3-7,13-14,16H,8-10H2,1-2H3/t13-,14-/m1/s1. The Morgan fingerprint density at radius 3 is 2.70 bits per heavy atom. The number of aliphatic hydroxyl groups excluding tert-OH is 1. The molecule has 2 atom stereocenters. The van der Waals surface area contributed by atoms with Gasteiger partial charge in [-0.05, 0) is 19.4 Å². The fourth-order valence-corrected chi connectivity index (χ4v) is 2.12. The lowest BCUT2D eigenvalue weighted by Gasteiger charge is -2.23. The minimum Gasteiger partial charge on any atom is -0.388 e. The van der Waals surface area contributed by atoms with Gasteiger partial charge in [0.05, 0.1) is 13.2 Å². The summed E-state index contributed by atoms with van der Waals surface area (Å²) in [6.45, 7) is 3.56. The van der Waals surface area contributed by atoms with Crippen LogP contribution in [-0.2, 0) is 25.6 Å². The van der Waals surface area contributed by atoms with E-state index in [0.717, 1.165) is 5.56 Å². The number of Topliss-reactive ketones (excluding diaryl/α,β-unsaturated/α-hetero) is 1. The molecule has 1 N–H and O–H groups in total. The maximum Gasteiger partial charge on any atom is 0.189 e. The first-order valence-corrected chi connectivity index (χ1v) is 6.63. The molecule has 0 aromatic heterocycles. The van der Waals surface area contributed by atoms with Crippen LogP contribution in [0.3, 0.4) is 0 Å². The van der Waals surface area contributed by atoms with E-state index in [1.54, 1.807) is 13.8 Å². The third-order valence-electron chi connectivity index (χ3n) is 3.11. The van der Waals surface area contributed by atoms with Gasteiger partial charge in [-0.15, -0.1) is 0 Å². The van der Waals surface area contributed by atoms with E-state index in [4.69, 9.17) is 19.3 Å². The maximum atomic E-state index is 11.8. The first-order valence-electron chi connectivity index (χ1n) is 6.63. The van der Waals surface area contributed by atoms with Gasteiger partial charge < -0.3 is 19.3 Å². The van der Waals surface area contributed by atoms with Crippen molar-refractivity contribution in [1.29, 1.82) is 0 Å². The summed E-state index contributed by atoms with van der Waals surface area (Å²) in [5, 5.41) is 9.07. The molecule has 0 bridgehead atoms. The highest BCUT2D eigenvalue weighted by molar-refractivity contribution is 5.84. The van der Waals surface area contributed by atoms with Crippen LogP contribution in [0.15, 0.2) is 30.3 Å². The van der Waals surface area contributed by atoms with Crippen molar-refractivity contribution in [2.24, 2.45) is 0 Å². The summed E-state index contributed by atoms with van der Waals surface area (Å²) in [5.74, 6) is -1.12. The molecule has 20 heavy (non-hydrogen) atoms. The molecule has 0 aliphatic carbocycles. The van der Waals surface area contributed by atoms with Gasteiger partial charge in [-0.1, -0.05) is 30.3 Å². The van der Waals surface area contributed by atoms with E-state index in [1.807, 2.05) is 30.3 Å². The summed E-state index contributed by atoms with van der Waals surface area (Å²) < 4.78 is 16.7. The van der Waals surface area contributed by atoms with Crippen molar-refractivity contribution in [3.05, 3.63) is 35.9 Å². The van der Waals surface area contributed by atoms with Crippen molar-refractivity contribution < 1.29 is 24.1 Å². The molecule has 1 fully saturated rings. The van der Waals surface area contributed by atoms with Crippen molar-refractivity contribution in [3.8, 4) is 0 Å². The molecule has 1 heterocycles. The lowest BCUT2D eigenvalue weighted by molar-refractivity contribution is -0.166. The number of aliphatic hydroxyl groups is 1. The van der Waals surface area contributed by atoms with Crippen molar-refractivity contribution in [2.45, 2.75) is 38.4 Å². The first kappa shape index (κ1) is 15.1. The summed E-state index contributed by atoms with van der Waals surface area (Å²) in [5.41, 5.74) is 0.960. The topological polar surface area (TPSA) is 65.0 Å². The van der Waals surface area contributed by atoms with Crippen molar-refractivity contribution in [1.82, 2.24) is 0 Å². The van der Waals surface area contributed by atoms with E-state index >= 15 is 0 Å². The van der Waals surface area contributed by atoms with E-state index in [9.17, 15) is 4.79 Å². The molecule has 0 amide bonds. The molecule has 1 aromatic carbocycles. The molecule has 0 radical (unpaired) electrons. The number of carbonyl (C=O) groups is 1. The van der Waals surface area contributed by atoms with Crippen molar-refractivity contribution in [3.63, 3.8) is 0 Å². The Kier molecular flexibility index (Phi) is 4.88. The van der Waals surface area contributed by atoms with Crippen LogP contribution < -0.4 is 0 Å². The highest BCUT2D eigenvalue weighted by atomic mass is 16.7. The van der Waals surface area contributed by atoms with Gasteiger partial charge in [-0.2, -0.15) is 0 Å². The zero-order chi connectivity index (χ0) is 14.6. The van der Waals surface area contributed by atoms with Gasteiger partial charge in [0.25, 0.3) is 0 Å². The molecule has 1 saturated heterocycles. The van der Waals surface area contributed by atoms with E-state index < -0.39 is 30.4 Å². The van der Waals surface area contributed by atoms with Crippen LogP contribution in [0.25, 0.3) is 0 Å². The Morgan fingerprint density at radius 1 is 1.45 bits per heavy atom. The summed E-state index contributed by atoms with van der Waals surface area (Å²) in [6.07, 6.45) is -1.31. The molecule has 1 aliphatic rings. The fourth-order valence-electron chi connectivity index (χ4n) is 2.12. The SMILES string of the molecule is CC1(C)OC[C@H]([C@H](OCc2ccccc2)C(=O)CO)O1. The monoisotopic (exact) mass is 280 g/mol. The maximum absolute atomic E-state index is 11.8. The van der Waals surface area contributed by atoms with Gasteiger partial charge in [0.15, 0.2) is 11.6 Å². The van der Waals surface area contributed by atoms with Crippen LogP contribution in [0.1, 0.15) is 19.4 Å². The average Bonchev–Trinajstić information content (AvgIpc) is 2.80. The predicted octanol–water partition coefficient (Wildman–Crippen LogP) is 1.28. The van der Waals surface area contributed by atoms with Gasteiger partial charge in [-0.3, -0.25) is 4.79 Å². The zero-order valence-electron chi connectivity index (χ0n) is 11.7. The number of hydrogen-bond acceptors (Lipinski definition) is 5. The van der Waals surface area contributed by atoms with Crippen LogP contribution in [0.4, 0.5) is 0 Å². The average molecular weight is 280 g/mol. The summed E-state index contributed by atoms with van der Waals surface area (Å²) in [4.78, 5) is 11.8. The minimum absolute atomic E-state index is 0.276. The van der Waals surface area contributed by atoms with Gasteiger partial charge in [0.2, 0.25) is 0 Å². The fraction of sp³-hybridized carbons (Fsp3) is 0.533. The predicted molar refractivity (Wildman–Crippen MR) is 72.0 cm³/mol. The first-order chi connectivity index (χ1) is 9.52. The Hall–Kier alpha value is -1.27. The molecule has 1 aromatic rings. The van der Waals surface area contributed by atoms with Gasteiger partial charge >= 0.3 is 0 Å². The lowest BCUT2D eigenvalue weighted by atomic mass is 10.1. The second-order valence-corrected chi connectivity index (χ2v) is 5.21. The number of hydrogen-bond donors (Lipinski definition) is 1. The molecular weight excluding hydrogens is 260 g/mol. The molecule has 0 spiro atoms. The minimum atomic E-state index is -0.818. The smallest absolute Gasteiger partial charge is 0.189 e. The molecule has 5 nitrogen and oxygen atoms in total. The third kappa shape index (κ3) is 3.86. The summed E-state index contributed by atoms with van der Waals surface area (Å²) in [7, 11) is 0. The number of rotatable bonds is 6. The highest BCUT2D eigenvalue weighted by Crippen LogP contribution is 2.26. The molecule has 0 unspecified atom stereocenters. The number of carbonyl (C=O) groups excluding carboxylic acids is 1. The Morgan fingerprint density at radius 2 is 2.15 bits per heavy atom. The van der Waals surface area contributed by atoms with E-state index in [2.05, 4.69) is 0 Å². The van der Waals surface area contributed by atoms with Crippen LogP contribution in [-0.4, -0.2) is 42.1 Å². The molecular formula is C15H20O5. The quantitative estimate of drug-likeness (QED) is 0.850. The second kappa shape index (κ2) is 6.45. The Bertz CT molecular complexity index is 443. The Labute approximate surface area is 118 Å². The molecule has 5 heteroatoms. The summed E-state index contributed by atoms with van der Waals surface area (Å²) >= 11 is 0. The molecule has 0 saturated carbocycles. The second-order valence-electron chi connectivity index (χ2n) is 5.21. The molecule has 110 valence electrons. The molecule has 1 aliphatic heterocycles. The normalized spacial score (nSPS) is 22.6. The van der Waals surface area contributed by atoms with Crippen LogP contribution in [0, 0.1) is 0 Å². The number of benzene rings is 1. The largest absolute Gasteiger partial charge is 0.388 e. The number of ether oxygens (including phenoxy) is 3. The van der Waals surface area contributed by atoms with Crippen LogP contribution >= 0.6 is 0 Å². The summed E-state index contributed by atoms with van der Waals surface area (Å²) in [6, 6.07) is 9.54. The number of ketones is 1. The Balaban J connectivity index is 2.00. The van der Waals surface area contributed by atoms with Gasteiger partial charge in [-0.25, -0.2) is 0 Å². The van der Waals surface area contributed by atoms with Gasteiger partial charge in [0, 0.05) is 0 Å². The highest BCUT2D eigenvalue weighted by Gasteiger charge is 2.40.